The Labute approximate surface area is 164 Å². The molecule has 1 atom stereocenters. The Morgan fingerprint density at radius 2 is 1.86 bits per heavy atom. The van der Waals surface area contributed by atoms with E-state index in [-0.39, 0.29) is 18.7 Å². The zero-order valence-corrected chi connectivity index (χ0v) is 15.3. The van der Waals surface area contributed by atoms with E-state index >= 15 is 0 Å². The number of carbonyl (C=O) groups is 2. The first-order valence-electron chi connectivity index (χ1n) is 8.60. The lowest BCUT2D eigenvalue weighted by molar-refractivity contribution is -0.138. The van der Waals surface area contributed by atoms with E-state index < -0.39 is 29.2 Å². The van der Waals surface area contributed by atoms with Gasteiger partial charge in [-0.1, -0.05) is 12.1 Å². The summed E-state index contributed by atoms with van der Waals surface area (Å²) in [6.07, 6.45) is -4.56. The zero-order valence-electron chi connectivity index (χ0n) is 15.3. The number of rotatable bonds is 5. The summed E-state index contributed by atoms with van der Waals surface area (Å²) in [7, 11) is 0. The van der Waals surface area contributed by atoms with Gasteiger partial charge in [-0.3, -0.25) is 9.69 Å². The van der Waals surface area contributed by atoms with Crippen LogP contribution in [0.25, 0.3) is 0 Å². The number of ether oxygens (including phenoxy) is 1. The van der Waals surface area contributed by atoms with Gasteiger partial charge in [0.15, 0.2) is 0 Å². The molecule has 0 saturated carbocycles. The minimum Gasteiger partial charge on any atom is -0.492 e. The Kier molecular flexibility index (Phi) is 5.20. The first-order valence-corrected chi connectivity index (χ1v) is 8.60. The molecule has 6 nitrogen and oxygen atoms in total. The van der Waals surface area contributed by atoms with Gasteiger partial charge in [0.25, 0.3) is 5.91 Å². The quantitative estimate of drug-likeness (QED) is 0.776. The molecule has 3 rings (SSSR count). The number of hydrogen-bond acceptors (Lipinski definition) is 4. The molecule has 3 amide bonds. The van der Waals surface area contributed by atoms with Crippen molar-refractivity contribution in [2.24, 2.45) is 0 Å². The van der Waals surface area contributed by atoms with E-state index in [0.29, 0.717) is 11.3 Å². The molecule has 1 saturated heterocycles. The van der Waals surface area contributed by atoms with Crippen molar-refractivity contribution in [1.82, 2.24) is 10.2 Å². The molecule has 29 heavy (non-hydrogen) atoms. The molecule has 0 aromatic heterocycles. The highest BCUT2D eigenvalue weighted by Gasteiger charge is 2.49. The second-order valence-corrected chi connectivity index (χ2v) is 6.58. The van der Waals surface area contributed by atoms with E-state index in [4.69, 9.17) is 10.00 Å². The van der Waals surface area contributed by atoms with Crippen LogP contribution in [0.2, 0.25) is 0 Å². The number of nitrogens with one attached hydrogen (secondary N) is 1. The van der Waals surface area contributed by atoms with Crippen LogP contribution in [-0.2, 0) is 16.5 Å². The van der Waals surface area contributed by atoms with Gasteiger partial charge in [-0.25, -0.2) is 4.79 Å². The summed E-state index contributed by atoms with van der Waals surface area (Å²) in [5, 5.41) is 11.2. The molecule has 150 valence electrons. The van der Waals surface area contributed by atoms with Gasteiger partial charge in [0.1, 0.15) is 17.9 Å². The topological polar surface area (TPSA) is 82.4 Å². The molecule has 1 aliphatic heterocycles. The van der Waals surface area contributed by atoms with E-state index in [9.17, 15) is 22.8 Å². The minimum absolute atomic E-state index is 0.0102. The molecule has 2 aromatic carbocycles. The first kappa shape index (κ1) is 20.2. The monoisotopic (exact) mass is 403 g/mol. The van der Waals surface area contributed by atoms with Crippen molar-refractivity contribution >= 4 is 11.9 Å². The van der Waals surface area contributed by atoms with E-state index in [0.717, 1.165) is 17.0 Å². The number of alkyl halides is 3. The maximum absolute atomic E-state index is 13.0. The number of imide groups is 1. The van der Waals surface area contributed by atoms with Crippen LogP contribution in [-0.4, -0.2) is 30.0 Å². The molecule has 1 heterocycles. The number of nitriles is 1. The van der Waals surface area contributed by atoms with Gasteiger partial charge >= 0.3 is 12.2 Å². The van der Waals surface area contributed by atoms with Crippen molar-refractivity contribution in [3.63, 3.8) is 0 Å². The van der Waals surface area contributed by atoms with Crippen molar-refractivity contribution in [1.29, 1.82) is 5.26 Å². The van der Waals surface area contributed by atoms with Crippen LogP contribution in [0.1, 0.15) is 23.6 Å². The highest BCUT2D eigenvalue weighted by molar-refractivity contribution is 6.07. The van der Waals surface area contributed by atoms with E-state index in [1.54, 1.807) is 24.3 Å². The lowest BCUT2D eigenvalue weighted by atomic mass is 9.90. The van der Waals surface area contributed by atoms with Crippen molar-refractivity contribution in [3.05, 3.63) is 65.2 Å². The number of amides is 3. The summed E-state index contributed by atoms with van der Waals surface area (Å²) in [6.45, 7) is 1.27. The summed E-state index contributed by atoms with van der Waals surface area (Å²) >= 11 is 0. The molecule has 0 bridgehead atoms. The highest BCUT2D eigenvalue weighted by Crippen LogP contribution is 2.34. The van der Waals surface area contributed by atoms with Crippen LogP contribution in [0.4, 0.5) is 18.0 Å². The predicted molar refractivity (Wildman–Crippen MR) is 95.7 cm³/mol. The molecule has 1 fully saturated rings. The number of hydrogen-bond donors (Lipinski definition) is 1. The number of nitrogens with zero attached hydrogens (tertiary/aromatic N) is 2. The molecule has 0 radical (unpaired) electrons. The number of benzene rings is 2. The van der Waals surface area contributed by atoms with Gasteiger partial charge in [-0.2, -0.15) is 18.4 Å². The van der Waals surface area contributed by atoms with Gasteiger partial charge in [0, 0.05) is 0 Å². The third kappa shape index (κ3) is 4.01. The SMILES string of the molecule is C[C@@]1(c2cccc(C(F)(F)F)c2)NC(=O)N(CCOc2ccc(C#N)cc2)C1=O. The largest absolute Gasteiger partial charge is 0.492 e. The molecule has 1 aliphatic rings. The number of halogens is 3. The molecular weight excluding hydrogens is 387 g/mol. The fourth-order valence-corrected chi connectivity index (χ4v) is 2.98. The molecular formula is C20H16F3N3O3. The normalized spacial score (nSPS) is 19.1. The van der Waals surface area contributed by atoms with Crippen LogP contribution in [0, 0.1) is 11.3 Å². The first-order chi connectivity index (χ1) is 13.6. The van der Waals surface area contributed by atoms with Crippen molar-refractivity contribution in [3.8, 4) is 11.8 Å². The van der Waals surface area contributed by atoms with Crippen molar-refractivity contribution in [2.45, 2.75) is 18.6 Å². The van der Waals surface area contributed by atoms with Gasteiger partial charge < -0.3 is 10.1 Å². The Morgan fingerprint density at radius 3 is 2.48 bits per heavy atom. The molecule has 0 unspecified atom stereocenters. The van der Waals surface area contributed by atoms with E-state index in [2.05, 4.69) is 5.32 Å². The average Bonchev–Trinajstić information content (AvgIpc) is 2.92. The minimum atomic E-state index is -4.56. The van der Waals surface area contributed by atoms with Crippen molar-refractivity contribution < 1.29 is 27.5 Å². The Morgan fingerprint density at radius 1 is 1.17 bits per heavy atom. The lowest BCUT2D eigenvalue weighted by Gasteiger charge is -2.23. The summed E-state index contributed by atoms with van der Waals surface area (Å²) in [5.41, 5.74) is -2.00. The van der Waals surface area contributed by atoms with E-state index in [1.807, 2.05) is 6.07 Å². The summed E-state index contributed by atoms with van der Waals surface area (Å²) in [4.78, 5) is 26.0. The smallest absolute Gasteiger partial charge is 0.416 e. The number of urea groups is 1. The zero-order chi connectivity index (χ0) is 21.2. The fourth-order valence-electron chi connectivity index (χ4n) is 2.98. The molecule has 1 N–H and O–H groups in total. The summed E-state index contributed by atoms with van der Waals surface area (Å²) in [6, 6.07) is 11.9. The Hall–Kier alpha value is -3.54. The molecule has 2 aromatic rings. The molecule has 0 aliphatic carbocycles. The van der Waals surface area contributed by atoms with E-state index in [1.165, 1.54) is 19.1 Å². The number of carbonyl (C=O) groups excluding carboxylic acids is 2. The Balaban J connectivity index is 1.71. The summed E-state index contributed by atoms with van der Waals surface area (Å²) < 4.78 is 44.4. The highest BCUT2D eigenvalue weighted by atomic mass is 19.4. The second-order valence-electron chi connectivity index (χ2n) is 6.58. The van der Waals surface area contributed by atoms with Crippen LogP contribution in [0.5, 0.6) is 5.75 Å². The fraction of sp³-hybridized carbons (Fsp3) is 0.250. The molecule has 9 heteroatoms. The van der Waals surface area contributed by atoms with Crippen LogP contribution < -0.4 is 10.1 Å². The average molecular weight is 403 g/mol. The third-order valence-electron chi connectivity index (χ3n) is 4.61. The van der Waals surface area contributed by atoms with Crippen LogP contribution >= 0.6 is 0 Å². The van der Waals surface area contributed by atoms with Crippen LogP contribution in [0.3, 0.4) is 0 Å². The summed E-state index contributed by atoms with van der Waals surface area (Å²) in [5.74, 6) is -0.207. The lowest BCUT2D eigenvalue weighted by Crippen LogP contribution is -2.41. The van der Waals surface area contributed by atoms with Gasteiger partial charge in [-0.05, 0) is 48.9 Å². The predicted octanol–water partition coefficient (Wildman–Crippen LogP) is 3.42. The van der Waals surface area contributed by atoms with Crippen molar-refractivity contribution in [2.75, 3.05) is 13.2 Å². The van der Waals surface area contributed by atoms with Gasteiger partial charge in [0.05, 0.1) is 23.7 Å². The maximum atomic E-state index is 13.0. The standard InChI is InChI=1S/C20H16F3N3O3/c1-19(14-3-2-4-15(11-14)20(21,22)23)17(27)26(18(28)25-19)9-10-29-16-7-5-13(12-24)6-8-16/h2-8,11H,9-10H2,1H3,(H,25,28)/t19-/m0/s1. The third-order valence-corrected chi connectivity index (χ3v) is 4.61. The van der Waals surface area contributed by atoms with Gasteiger partial charge in [0.2, 0.25) is 0 Å². The van der Waals surface area contributed by atoms with Crippen LogP contribution in [0.15, 0.2) is 48.5 Å². The van der Waals surface area contributed by atoms with Gasteiger partial charge in [-0.15, -0.1) is 0 Å². The second kappa shape index (κ2) is 7.47. The maximum Gasteiger partial charge on any atom is 0.416 e. The molecule has 0 spiro atoms. The Bertz CT molecular complexity index is 983.